The average Bonchev–Trinajstić information content (AvgIpc) is 2.23. The lowest BCUT2D eigenvalue weighted by molar-refractivity contribution is 0.197. The Kier molecular flexibility index (Phi) is 8.90. The summed E-state index contributed by atoms with van der Waals surface area (Å²) in [6.07, 6.45) is 1.65. The highest BCUT2D eigenvalue weighted by Crippen LogP contribution is 2.15. The zero-order chi connectivity index (χ0) is 15.8. The highest BCUT2D eigenvalue weighted by molar-refractivity contribution is 7.85. The van der Waals surface area contributed by atoms with Crippen molar-refractivity contribution >= 4 is 10.1 Å². The van der Waals surface area contributed by atoms with Gasteiger partial charge in [-0.25, -0.2) is 0 Å². The predicted octanol–water partition coefficient (Wildman–Crippen LogP) is 1.86. The monoisotopic (exact) mass is 308 g/mol. The standard InChI is InChI=1S/C14H32N2O3S/c1-13(2)7-9-16(5)12-14(3,4)11-15-8-6-10-20(17,18)19/h13,15H,6-12H2,1-5H3,(H,17,18,19). The van der Waals surface area contributed by atoms with Gasteiger partial charge in [0.05, 0.1) is 5.75 Å². The van der Waals surface area contributed by atoms with Gasteiger partial charge in [0.1, 0.15) is 0 Å². The predicted molar refractivity (Wildman–Crippen MR) is 84.6 cm³/mol. The molecule has 0 radical (unpaired) electrons. The van der Waals surface area contributed by atoms with Crippen molar-refractivity contribution in [2.45, 2.75) is 40.5 Å². The number of rotatable bonds is 11. The minimum absolute atomic E-state index is 0.143. The summed E-state index contributed by atoms with van der Waals surface area (Å²) >= 11 is 0. The first-order valence-electron chi connectivity index (χ1n) is 7.36. The second-order valence-electron chi connectivity index (χ2n) is 6.90. The highest BCUT2D eigenvalue weighted by Gasteiger charge is 2.19. The molecule has 0 heterocycles. The van der Waals surface area contributed by atoms with Gasteiger partial charge in [0.25, 0.3) is 10.1 Å². The van der Waals surface area contributed by atoms with E-state index in [9.17, 15) is 8.42 Å². The fraction of sp³-hybridized carbons (Fsp3) is 1.00. The van der Waals surface area contributed by atoms with Crippen LogP contribution >= 0.6 is 0 Å². The third-order valence-electron chi connectivity index (χ3n) is 3.15. The van der Waals surface area contributed by atoms with E-state index in [0.717, 1.165) is 25.6 Å². The molecule has 0 atom stereocenters. The molecule has 0 amide bonds. The number of hydrogen-bond donors (Lipinski definition) is 2. The Morgan fingerprint density at radius 2 is 1.90 bits per heavy atom. The maximum Gasteiger partial charge on any atom is 0.264 e. The Balaban J connectivity index is 3.83. The molecular weight excluding hydrogens is 276 g/mol. The third-order valence-corrected chi connectivity index (χ3v) is 3.95. The van der Waals surface area contributed by atoms with E-state index in [1.54, 1.807) is 0 Å². The van der Waals surface area contributed by atoms with Crippen molar-refractivity contribution in [3.05, 3.63) is 0 Å². The number of nitrogens with zero attached hydrogens (tertiary/aromatic N) is 1. The van der Waals surface area contributed by atoms with Crippen molar-refractivity contribution in [3.63, 3.8) is 0 Å². The zero-order valence-electron chi connectivity index (χ0n) is 13.6. The summed E-state index contributed by atoms with van der Waals surface area (Å²) in [5.41, 5.74) is 0.143. The van der Waals surface area contributed by atoms with Crippen molar-refractivity contribution < 1.29 is 13.0 Å². The van der Waals surface area contributed by atoms with Gasteiger partial charge in [-0.2, -0.15) is 8.42 Å². The maximum absolute atomic E-state index is 10.6. The molecule has 0 spiro atoms. The van der Waals surface area contributed by atoms with Gasteiger partial charge in [0.2, 0.25) is 0 Å². The smallest absolute Gasteiger partial charge is 0.264 e. The second kappa shape index (κ2) is 8.97. The van der Waals surface area contributed by atoms with Gasteiger partial charge in [-0.05, 0) is 44.3 Å². The molecule has 0 saturated heterocycles. The molecule has 0 unspecified atom stereocenters. The molecule has 0 aliphatic rings. The topological polar surface area (TPSA) is 69.6 Å². The molecule has 0 aliphatic heterocycles. The summed E-state index contributed by atoms with van der Waals surface area (Å²) in [5.74, 6) is 0.550. The lowest BCUT2D eigenvalue weighted by Crippen LogP contribution is -2.40. The molecule has 122 valence electrons. The average molecular weight is 308 g/mol. The summed E-state index contributed by atoms with van der Waals surface area (Å²) in [6, 6.07) is 0. The first kappa shape index (κ1) is 19.8. The fourth-order valence-electron chi connectivity index (χ4n) is 2.15. The summed E-state index contributed by atoms with van der Waals surface area (Å²) in [5, 5.41) is 3.27. The van der Waals surface area contributed by atoms with Gasteiger partial charge in [-0.3, -0.25) is 4.55 Å². The van der Waals surface area contributed by atoms with Gasteiger partial charge in [-0.1, -0.05) is 27.7 Å². The molecule has 0 aromatic rings. The van der Waals surface area contributed by atoms with Crippen molar-refractivity contribution in [3.8, 4) is 0 Å². The van der Waals surface area contributed by atoms with Crippen LogP contribution in [0.15, 0.2) is 0 Å². The van der Waals surface area contributed by atoms with Crippen molar-refractivity contribution in [1.82, 2.24) is 10.2 Å². The highest BCUT2D eigenvalue weighted by atomic mass is 32.2. The van der Waals surface area contributed by atoms with Crippen LogP contribution in [0.25, 0.3) is 0 Å². The Bertz CT molecular complexity index is 353. The molecule has 0 fully saturated rings. The number of hydrogen-bond acceptors (Lipinski definition) is 4. The summed E-state index contributed by atoms with van der Waals surface area (Å²) in [7, 11) is -1.68. The van der Waals surface area contributed by atoms with Crippen LogP contribution in [0.2, 0.25) is 0 Å². The van der Waals surface area contributed by atoms with Crippen LogP contribution in [0, 0.1) is 11.3 Å². The van der Waals surface area contributed by atoms with Gasteiger partial charge in [0, 0.05) is 13.1 Å². The lowest BCUT2D eigenvalue weighted by atomic mass is 9.92. The molecular formula is C14H32N2O3S. The third kappa shape index (κ3) is 12.8. The number of nitrogens with one attached hydrogen (secondary N) is 1. The van der Waals surface area contributed by atoms with Crippen LogP contribution in [0.4, 0.5) is 0 Å². The molecule has 0 rings (SSSR count). The van der Waals surface area contributed by atoms with Crippen LogP contribution in [0.1, 0.15) is 40.5 Å². The van der Waals surface area contributed by atoms with Crippen molar-refractivity contribution in [2.24, 2.45) is 11.3 Å². The van der Waals surface area contributed by atoms with Gasteiger partial charge in [0.15, 0.2) is 0 Å². The largest absolute Gasteiger partial charge is 0.316 e. The van der Waals surface area contributed by atoms with E-state index < -0.39 is 10.1 Å². The molecule has 0 bridgehead atoms. The van der Waals surface area contributed by atoms with E-state index in [1.807, 2.05) is 0 Å². The normalized spacial score (nSPS) is 13.4. The van der Waals surface area contributed by atoms with Crippen LogP contribution in [0.5, 0.6) is 0 Å². The van der Waals surface area contributed by atoms with E-state index in [4.69, 9.17) is 4.55 Å². The maximum atomic E-state index is 10.6. The summed E-state index contributed by atoms with van der Waals surface area (Å²) in [6.45, 7) is 12.4. The molecule has 0 aromatic carbocycles. The molecule has 2 N–H and O–H groups in total. The SMILES string of the molecule is CC(C)CCN(C)CC(C)(C)CNCCCS(=O)(=O)O. The van der Waals surface area contributed by atoms with Crippen LogP contribution < -0.4 is 5.32 Å². The van der Waals surface area contributed by atoms with Crippen LogP contribution in [-0.4, -0.2) is 56.9 Å². The van der Waals surface area contributed by atoms with Crippen molar-refractivity contribution in [2.75, 3.05) is 39.0 Å². The molecule has 20 heavy (non-hydrogen) atoms. The fourth-order valence-corrected chi connectivity index (χ4v) is 2.66. The van der Waals surface area contributed by atoms with E-state index in [1.165, 1.54) is 6.42 Å². The van der Waals surface area contributed by atoms with Crippen LogP contribution in [-0.2, 0) is 10.1 Å². The Hall–Kier alpha value is -0.170. The van der Waals surface area contributed by atoms with Gasteiger partial charge >= 0.3 is 0 Å². The molecule has 6 heteroatoms. The molecule has 0 saturated carbocycles. The summed E-state index contributed by atoms with van der Waals surface area (Å²) < 4.78 is 29.8. The Morgan fingerprint density at radius 1 is 1.30 bits per heavy atom. The van der Waals surface area contributed by atoms with E-state index in [0.29, 0.717) is 13.0 Å². The van der Waals surface area contributed by atoms with E-state index in [2.05, 4.69) is 45.0 Å². The molecule has 0 aliphatic carbocycles. The minimum Gasteiger partial charge on any atom is -0.316 e. The van der Waals surface area contributed by atoms with Gasteiger partial charge in [-0.15, -0.1) is 0 Å². The quantitative estimate of drug-likeness (QED) is 0.450. The van der Waals surface area contributed by atoms with E-state index in [-0.39, 0.29) is 11.2 Å². The Labute approximate surface area is 124 Å². The molecule has 5 nitrogen and oxygen atoms in total. The van der Waals surface area contributed by atoms with Gasteiger partial charge < -0.3 is 10.2 Å². The van der Waals surface area contributed by atoms with Crippen molar-refractivity contribution in [1.29, 1.82) is 0 Å². The second-order valence-corrected chi connectivity index (χ2v) is 8.47. The first-order chi connectivity index (χ1) is 9.02. The Morgan fingerprint density at radius 3 is 2.40 bits per heavy atom. The molecule has 0 aromatic heterocycles. The zero-order valence-corrected chi connectivity index (χ0v) is 14.5. The first-order valence-corrected chi connectivity index (χ1v) is 8.97. The summed E-state index contributed by atoms with van der Waals surface area (Å²) in [4.78, 5) is 2.35. The lowest BCUT2D eigenvalue weighted by Gasteiger charge is -2.31. The minimum atomic E-state index is -3.82. The van der Waals surface area contributed by atoms with Crippen LogP contribution in [0.3, 0.4) is 0 Å². The van der Waals surface area contributed by atoms with E-state index >= 15 is 0 Å².